The zero-order valence-electron chi connectivity index (χ0n) is 10.5. The predicted molar refractivity (Wildman–Crippen MR) is 71.5 cm³/mol. The molecule has 1 heterocycles. The van der Waals surface area contributed by atoms with Gasteiger partial charge in [-0.15, -0.1) is 11.6 Å². The monoisotopic (exact) mass is 248 g/mol. The Hall–Kier alpha value is -1.02. The van der Waals surface area contributed by atoms with E-state index < -0.39 is 0 Å². The number of benzene rings is 1. The maximum Gasteiger partial charge on any atom is 0.125 e. The van der Waals surface area contributed by atoms with E-state index in [0.717, 1.165) is 11.3 Å². The predicted octanol–water partition coefficient (Wildman–Crippen LogP) is 4.05. The summed E-state index contributed by atoms with van der Waals surface area (Å²) in [5, 5.41) is 0. The fourth-order valence-electron chi connectivity index (χ4n) is 2.68. The highest BCUT2D eigenvalue weighted by atomic mass is 35.5. The van der Waals surface area contributed by atoms with E-state index in [1.807, 2.05) is 0 Å². The average Bonchev–Trinajstić information content (AvgIpc) is 2.74. The average molecular weight is 249 g/mol. The van der Waals surface area contributed by atoms with Crippen molar-refractivity contribution < 1.29 is 0 Å². The second-order valence-electron chi connectivity index (χ2n) is 5.68. The molecule has 0 radical (unpaired) electrons. The molecule has 1 aromatic heterocycles. The molecule has 0 bridgehead atoms. The Morgan fingerprint density at radius 1 is 1.47 bits per heavy atom. The van der Waals surface area contributed by atoms with Gasteiger partial charge in [0, 0.05) is 6.04 Å². The number of para-hydroxylation sites is 1. The van der Waals surface area contributed by atoms with Crippen LogP contribution in [0.25, 0.3) is 11.0 Å². The molecule has 0 aliphatic heterocycles. The molecule has 1 saturated carbocycles. The Kier molecular flexibility index (Phi) is 2.27. The highest BCUT2D eigenvalue weighted by Gasteiger charge is 2.48. The molecule has 1 aliphatic carbocycles. The van der Waals surface area contributed by atoms with Crippen molar-refractivity contribution in [1.82, 2.24) is 9.55 Å². The lowest BCUT2D eigenvalue weighted by molar-refractivity contribution is 0.540. The number of imidazole rings is 1. The summed E-state index contributed by atoms with van der Waals surface area (Å²) in [4.78, 5) is 4.65. The summed E-state index contributed by atoms with van der Waals surface area (Å²) in [5.41, 5.74) is 4.01. The third-order valence-corrected chi connectivity index (χ3v) is 4.12. The highest BCUT2D eigenvalue weighted by molar-refractivity contribution is 6.16. The summed E-state index contributed by atoms with van der Waals surface area (Å²) in [7, 11) is 0. The number of fused-ring (bicyclic) bond motifs is 1. The van der Waals surface area contributed by atoms with Crippen LogP contribution in [0.5, 0.6) is 0 Å². The molecule has 3 rings (SSSR count). The number of aryl methyl sites for hydroxylation is 1. The fraction of sp³-hybridized carbons (Fsp3) is 0.500. The number of halogens is 1. The first-order valence-electron chi connectivity index (χ1n) is 6.07. The molecule has 1 aliphatic rings. The minimum absolute atomic E-state index is 0.386. The standard InChI is InChI=1S/C14H17ClN2/c1-9-5-4-6-10-13(9)17(12(8-15)16-10)11-7-14(11,2)3/h4-6,11H,7-8H2,1-3H3. The summed E-state index contributed by atoms with van der Waals surface area (Å²) >= 11 is 6.04. The van der Waals surface area contributed by atoms with Crippen molar-refractivity contribution >= 4 is 22.6 Å². The van der Waals surface area contributed by atoms with Crippen LogP contribution in [-0.4, -0.2) is 9.55 Å². The number of hydrogen-bond acceptors (Lipinski definition) is 1. The van der Waals surface area contributed by atoms with Crippen LogP contribution in [0.2, 0.25) is 0 Å². The fourth-order valence-corrected chi connectivity index (χ4v) is 2.87. The molecule has 0 N–H and O–H groups in total. The molecule has 2 nitrogen and oxygen atoms in total. The molecule has 0 amide bonds. The van der Waals surface area contributed by atoms with Crippen LogP contribution in [-0.2, 0) is 5.88 Å². The van der Waals surface area contributed by atoms with E-state index in [0.29, 0.717) is 17.3 Å². The van der Waals surface area contributed by atoms with E-state index >= 15 is 0 Å². The van der Waals surface area contributed by atoms with Crippen LogP contribution in [0.1, 0.15) is 37.7 Å². The van der Waals surface area contributed by atoms with Gasteiger partial charge >= 0.3 is 0 Å². The van der Waals surface area contributed by atoms with Gasteiger partial charge in [0.2, 0.25) is 0 Å². The number of nitrogens with zero attached hydrogens (tertiary/aromatic N) is 2. The molecule has 17 heavy (non-hydrogen) atoms. The minimum Gasteiger partial charge on any atom is -0.323 e. The number of alkyl halides is 1. The number of rotatable bonds is 2. The Morgan fingerprint density at radius 3 is 2.76 bits per heavy atom. The minimum atomic E-state index is 0.386. The van der Waals surface area contributed by atoms with Crippen molar-refractivity contribution in [3.8, 4) is 0 Å². The second-order valence-corrected chi connectivity index (χ2v) is 5.95. The van der Waals surface area contributed by atoms with E-state index in [1.54, 1.807) is 0 Å². The SMILES string of the molecule is Cc1cccc2nc(CCl)n(C3CC3(C)C)c12. The van der Waals surface area contributed by atoms with Crippen LogP contribution < -0.4 is 0 Å². The molecule has 1 fully saturated rings. The van der Waals surface area contributed by atoms with Crippen LogP contribution in [0.15, 0.2) is 18.2 Å². The topological polar surface area (TPSA) is 17.8 Å². The van der Waals surface area contributed by atoms with E-state index in [9.17, 15) is 0 Å². The third-order valence-electron chi connectivity index (χ3n) is 3.88. The van der Waals surface area contributed by atoms with Gasteiger partial charge in [-0.3, -0.25) is 0 Å². The molecule has 1 aromatic carbocycles. The molecule has 2 aromatic rings. The van der Waals surface area contributed by atoms with Crippen LogP contribution in [0.3, 0.4) is 0 Å². The Bertz CT molecular complexity index is 583. The molecular formula is C14H17ClN2. The van der Waals surface area contributed by atoms with Crippen LogP contribution in [0, 0.1) is 12.3 Å². The van der Waals surface area contributed by atoms with Crippen LogP contribution >= 0.6 is 11.6 Å². The van der Waals surface area contributed by atoms with Crippen molar-refractivity contribution in [2.75, 3.05) is 0 Å². The highest BCUT2D eigenvalue weighted by Crippen LogP contribution is 2.57. The van der Waals surface area contributed by atoms with Gasteiger partial charge in [-0.05, 0) is 30.4 Å². The van der Waals surface area contributed by atoms with Crippen LogP contribution in [0.4, 0.5) is 0 Å². The quantitative estimate of drug-likeness (QED) is 0.733. The van der Waals surface area contributed by atoms with Gasteiger partial charge in [-0.25, -0.2) is 4.98 Å². The molecular weight excluding hydrogens is 232 g/mol. The van der Waals surface area contributed by atoms with Crippen molar-refractivity contribution in [2.45, 2.75) is 39.1 Å². The molecule has 1 unspecified atom stereocenters. The molecule has 0 saturated heterocycles. The van der Waals surface area contributed by atoms with Crippen molar-refractivity contribution in [2.24, 2.45) is 5.41 Å². The number of aromatic nitrogens is 2. The van der Waals surface area contributed by atoms with Gasteiger partial charge in [-0.2, -0.15) is 0 Å². The Labute approximate surface area is 107 Å². The van der Waals surface area contributed by atoms with E-state index in [4.69, 9.17) is 11.6 Å². The summed E-state index contributed by atoms with van der Waals surface area (Å²) in [6.45, 7) is 6.76. The van der Waals surface area contributed by atoms with Crippen molar-refractivity contribution in [1.29, 1.82) is 0 Å². The molecule has 1 atom stereocenters. The smallest absolute Gasteiger partial charge is 0.125 e. The third kappa shape index (κ3) is 1.58. The lowest BCUT2D eigenvalue weighted by atomic mass is 10.1. The van der Waals surface area contributed by atoms with Gasteiger partial charge in [0.05, 0.1) is 16.9 Å². The molecule has 90 valence electrons. The first-order chi connectivity index (χ1) is 8.04. The molecule has 3 heteroatoms. The van der Waals surface area contributed by atoms with E-state index in [-0.39, 0.29) is 0 Å². The van der Waals surface area contributed by atoms with E-state index in [2.05, 4.69) is 48.5 Å². The Balaban J connectivity index is 2.27. The first kappa shape index (κ1) is 11.1. The second kappa shape index (κ2) is 3.49. The zero-order chi connectivity index (χ0) is 12.2. The maximum atomic E-state index is 6.04. The lowest BCUT2D eigenvalue weighted by Crippen LogP contribution is -2.04. The van der Waals surface area contributed by atoms with Gasteiger partial charge in [0.25, 0.3) is 0 Å². The van der Waals surface area contributed by atoms with Gasteiger partial charge in [-0.1, -0.05) is 26.0 Å². The van der Waals surface area contributed by atoms with Crippen molar-refractivity contribution in [3.05, 3.63) is 29.6 Å². The van der Waals surface area contributed by atoms with Gasteiger partial charge in [0.15, 0.2) is 0 Å². The summed E-state index contributed by atoms with van der Waals surface area (Å²) in [5.74, 6) is 1.49. The summed E-state index contributed by atoms with van der Waals surface area (Å²) in [6.07, 6.45) is 1.22. The molecule has 0 spiro atoms. The van der Waals surface area contributed by atoms with Gasteiger partial charge in [0.1, 0.15) is 5.82 Å². The maximum absolute atomic E-state index is 6.04. The first-order valence-corrected chi connectivity index (χ1v) is 6.60. The van der Waals surface area contributed by atoms with E-state index in [1.165, 1.54) is 17.5 Å². The van der Waals surface area contributed by atoms with Crippen molar-refractivity contribution in [3.63, 3.8) is 0 Å². The lowest BCUT2D eigenvalue weighted by Gasteiger charge is -2.11. The zero-order valence-corrected chi connectivity index (χ0v) is 11.3. The van der Waals surface area contributed by atoms with Gasteiger partial charge < -0.3 is 4.57 Å². The summed E-state index contributed by atoms with van der Waals surface area (Å²) < 4.78 is 2.36. The Morgan fingerprint density at radius 2 is 2.18 bits per heavy atom. The number of hydrogen-bond donors (Lipinski definition) is 0. The largest absolute Gasteiger partial charge is 0.323 e. The normalized spacial score (nSPS) is 22.0. The summed E-state index contributed by atoms with van der Waals surface area (Å²) in [6, 6.07) is 6.84.